The third kappa shape index (κ3) is 0.830. The molecule has 0 aromatic rings. The molecule has 0 aromatic heterocycles. The van der Waals surface area contributed by atoms with Gasteiger partial charge < -0.3 is 4.85 Å². The molecule has 1 aliphatic carbocycles. The van der Waals surface area contributed by atoms with Crippen LogP contribution in [0, 0.1) is 12.0 Å². The van der Waals surface area contributed by atoms with Crippen molar-refractivity contribution >= 4 is 0 Å². The van der Waals surface area contributed by atoms with E-state index in [0.717, 1.165) is 0 Å². The minimum atomic E-state index is -0.118. The fourth-order valence-corrected chi connectivity index (χ4v) is 0.934. The van der Waals surface area contributed by atoms with Crippen molar-refractivity contribution in [1.29, 1.82) is 0 Å². The molecule has 1 aliphatic rings. The summed E-state index contributed by atoms with van der Waals surface area (Å²) in [5, 5.41) is 0. The lowest BCUT2D eigenvalue weighted by atomic mass is 9.87. The second-order valence-electron chi connectivity index (χ2n) is 3.73. The van der Waals surface area contributed by atoms with Gasteiger partial charge in [-0.25, -0.2) is 6.57 Å². The first-order valence-electron chi connectivity index (χ1n) is 3.40. The normalized spacial score (nSPS) is 22.9. The summed E-state index contributed by atoms with van der Waals surface area (Å²) in [5.74, 6) is 0. The van der Waals surface area contributed by atoms with Crippen molar-refractivity contribution in [3.05, 3.63) is 11.4 Å². The molecule has 0 radical (unpaired) electrons. The van der Waals surface area contributed by atoms with Gasteiger partial charge in [-0.05, 0) is 12.8 Å². The predicted molar refractivity (Wildman–Crippen MR) is 38.0 cm³/mol. The van der Waals surface area contributed by atoms with Gasteiger partial charge in [0.05, 0.1) is 0 Å². The average Bonchev–Trinajstić information content (AvgIpc) is 2.49. The van der Waals surface area contributed by atoms with E-state index in [1.165, 1.54) is 12.8 Å². The van der Waals surface area contributed by atoms with Crippen LogP contribution in [0.4, 0.5) is 0 Å². The Bertz CT molecular complexity index is 158. The highest BCUT2D eigenvalue weighted by molar-refractivity contribution is 5.11. The molecular weight excluding hydrogens is 110 g/mol. The maximum absolute atomic E-state index is 6.93. The Morgan fingerprint density at radius 3 is 2.00 bits per heavy atom. The third-order valence-corrected chi connectivity index (χ3v) is 2.76. The van der Waals surface area contributed by atoms with E-state index in [1.807, 2.05) is 13.8 Å². The van der Waals surface area contributed by atoms with E-state index < -0.39 is 0 Å². The van der Waals surface area contributed by atoms with Crippen LogP contribution in [0.25, 0.3) is 4.85 Å². The van der Waals surface area contributed by atoms with E-state index >= 15 is 0 Å². The van der Waals surface area contributed by atoms with Crippen molar-refractivity contribution in [3.8, 4) is 0 Å². The van der Waals surface area contributed by atoms with Crippen LogP contribution in [0.1, 0.15) is 33.6 Å². The Kier molecular flexibility index (Phi) is 1.10. The van der Waals surface area contributed by atoms with Crippen LogP contribution in [-0.2, 0) is 0 Å². The van der Waals surface area contributed by atoms with E-state index in [1.54, 1.807) is 0 Å². The highest BCUT2D eigenvalue weighted by atomic mass is 14.8. The molecule has 9 heavy (non-hydrogen) atoms. The number of hydrogen-bond donors (Lipinski definition) is 0. The van der Waals surface area contributed by atoms with Crippen molar-refractivity contribution in [2.75, 3.05) is 0 Å². The van der Waals surface area contributed by atoms with Crippen LogP contribution in [0.15, 0.2) is 0 Å². The number of rotatable bonds is 1. The van der Waals surface area contributed by atoms with Gasteiger partial charge in [0, 0.05) is 19.3 Å². The molecule has 0 bridgehead atoms. The Morgan fingerprint density at radius 2 is 1.89 bits per heavy atom. The summed E-state index contributed by atoms with van der Waals surface area (Å²) in [5.41, 5.74) is 0.224. The van der Waals surface area contributed by atoms with Gasteiger partial charge in [0.1, 0.15) is 0 Å². The maximum atomic E-state index is 6.93. The lowest BCUT2D eigenvalue weighted by molar-refractivity contribution is 0.380. The molecule has 0 spiro atoms. The van der Waals surface area contributed by atoms with Gasteiger partial charge in [0.25, 0.3) is 0 Å². The SMILES string of the molecule is [C-]#[N+]C(C)(C)C1(C)CC1. The predicted octanol–water partition coefficient (Wildman–Crippen LogP) is 2.48. The lowest BCUT2D eigenvalue weighted by Crippen LogP contribution is -2.25. The summed E-state index contributed by atoms with van der Waals surface area (Å²) in [6, 6.07) is 0. The molecule has 0 atom stereocenters. The Hall–Kier alpha value is -0.510. The van der Waals surface area contributed by atoms with Crippen molar-refractivity contribution in [1.82, 2.24) is 0 Å². The summed E-state index contributed by atoms with van der Waals surface area (Å²) in [6.07, 6.45) is 2.48. The van der Waals surface area contributed by atoms with Crippen LogP contribution in [-0.4, -0.2) is 5.54 Å². The van der Waals surface area contributed by atoms with Crippen LogP contribution in [0.5, 0.6) is 0 Å². The molecule has 1 rings (SSSR count). The van der Waals surface area contributed by atoms with E-state index in [4.69, 9.17) is 6.57 Å². The van der Waals surface area contributed by atoms with Crippen molar-refractivity contribution in [3.63, 3.8) is 0 Å². The summed E-state index contributed by atoms with van der Waals surface area (Å²) >= 11 is 0. The third-order valence-electron chi connectivity index (χ3n) is 2.76. The fraction of sp³-hybridized carbons (Fsp3) is 0.875. The molecular formula is C8H13N. The van der Waals surface area contributed by atoms with E-state index in [-0.39, 0.29) is 5.54 Å². The molecule has 0 unspecified atom stereocenters. The van der Waals surface area contributed by atoms with Gasteiger partial charge in [-0.1, -0.05) is 6.92 Å². The standard InChI is InChI=1S/C8H13N/c1-7(2,9-4)8(3)5-6-8/h5-6H2,1-3H3. The Labute approximate surface area is 56.9 Å². The largest absolute Gasteiger partial charge is 0.310 e. The van der Waals surface area contributed by atoms with Gasteiger partial charge >= 0.3 is 0 Å². The van der Waals surface area contributed by atoms with Crippen molar-refractivity contribution in [2.24, 2.45) is 5.41 Å². The van der Waals surface area contributed by atoms with E-state index in [9.17, 15) is 0 Å². The van der Waals surface area contributed by atoms with Gasteiger partial charge in [-0.3, -0.25) is 0 Å². The molecule has 1 heteroatoms. The highest BCUT2D eigenvalue weighted by Gasteiger charge is 2.55. The summed E-state index contributed by atoms with van der Waals surface area (Å²) < 4.78 is 0. The topological polar surface area (TPSA) is 4.36 Å². The first-order valence-corrected chi connectivity index (χ1v) is 3.40. The van der Waals surface area contributed by atoms with E-state index in [0.29, 0.717) is 5.41 Å². The molecule has 0 aliphatic heterocycles. The molecule has 1 fully saturated rings. The van der Waals surface area contributed by atoms with Crippen molar-refractivity contribution < 1.29 is 0 Å². The zero-order valence-electron chi connectivity index (χ0n) is 6.36. The monoisotopic (exact) mass is 123 g/mol. The van der Waals surface area contributed by atoms with E-state index in [2.05, 4.69) is 11.8 Å². The van der Waals surface area contributed by atoms with Crippen molar-refractivity contribution in [2.45, 2.75) is 39.2 Å². The molecule has 50 valence electrons. The minimum Gasteiger partial charge on any atom is -0.310 e. The minimum absolute atomic E-state index is 0.118. The van der Waals surface area contributed by atoms with Crippen LogP contribution < -0.4 is 0 Å². The number of hydrogen-bond acceptors (Lipinski definition) is 0. The summed E-state index contributed by atoms with van der Waals surface area (Å²) in [4.78, 5) is 3.60. The van der Waals surface area contributed by atoms with Gasteiger partial charge in [-0.2, -0.15) is 0 Å². The summed E-state index contributed by atoms with van der Waals surface area (Å²) in [6.45, 7) is 13.2. The molecule has 0 saturated heterocycles. The van der Waals surface area contributed by atoms with Crippen LogP contribution in [0.3, 0.4) is 0 Å². The second-order valence-corrected chi connectivity index (χ2v) is 3.73. The molecule has 0 heterocycles. The average molecular weight is 123 g/mol. The molecule has 1 saturated carbocycles. The maximum Gasteiger partial charge on any atom is 0.232 e. The van der Waals surface area contributed by atoms with Gasteiger partial charge in [0.15, 0.2) is 0 Å². The first-order chi connectivity index (χ1) is 4.02. The fourth-order valence-electron chi connectivity index (χ4n) is 0.934. The van der Waals surface area contributed by atoms with Crippen LogP contribution in [0.2, 0.25) is 0 Å². The zero-order chi connectivity index (χ0) is 7.12. The quantitative estimate of drug-likeness (QED) is 0.472. The zero-order valence-corrected chi connectivity index (χ0v) is 6.36. The van der Waals surface area contributed by atoms with Gasteiger partial charge in [0.2, 0.25) is 5.54 Å². The highest BCUT2D eigenvalue weighted by Crippen LogP contribution is 2.55. The summed E-state index contributed by atoms with van der Waals surface area (Å²) in [7, 11) is 0. The lowest BCUT2D eigenvalue weighted by Gasteiger charge is -2.17. The number of nitrogens with zero attached hydrogens (tertiary/aromatic N) is 1. The molecule has 0 N–H and O–H groups in total. The molecule has 0 amide bonds. The molecule has 0 aromatic carbocycles. The Balaban J connectivity index is 2.73. The molecule has 1 nitrogen and oxygen atoms in total. The van der Waals surface area contributed by atoms with Crippen LogP contribution >= 0.6 is 0 Å². The Morgan fingerprint density at radius 1 is 1.44 bits per heavy atom. The van der Waals surface area contributed by atoms with Gasteiger partial charge in [-0.15, -0.1) is 0 Å². The second kappa shape index (κ2) is 1.50. The first kappa shape index (κ1) is 6.61. The smallest absolute Gasteiger partial charge is 0.232 e.